The van der Waals surface area contributed by atoms with Crippen molar-refractivity contribution in [3.63, 3.8) is 0 Å². The van der Waals surface area contributed by atoms with Gasteiger partial charge in [0.15, 0.2) is 0 Å². The van der Waals surface area contributed by atoms with Gasteiger partial charge in [-0.15, -0.1) is 0 Å². The quantitative estimate of drug-likeness (QED) is 0.874. The van der Waals surface area contributed by atoms with Gasteiger partial charge in [-0.2, -0.15) is 0 Å². The van der Waals surface area contributed by atoms with Crippen LogP contribution in [0.3, 0.4) is 0 Å². The van der Waals surface area contributed by atoms with Crippen LogP contribution in [-0.2, 0) is 11.2 Å². The Balaban J connectivity index is 1.55. The Morgan fingerprint density at radius 3 is 2.22 bits per heavy atom. The van der Waals surface area contributed by atoms with Crippen LogP contribution < -0.4 is 4.90 Å². The Morgan fingerprint density at radius 2 is 1.74 bits per heavy atom. The van der Waals surface area contributed by atoms with E-state index >= 15 is 0 Å². The highest BCUT2D eigenvalue weighted by Gasteiger charge is 2.55. The van der Waals surface area contributed by atoms with E-state index < -0.39 is 12.2 Å². The topological polar surface area (TPSA) is 64.0 Å². The van der Waals surface area contributed by atoms with E-state index in [9.17, 15) is 15.0 Å². The average molecular weight is 318 g/mol. The molecule has 1 aromatic rings. The SMILES string of the molecule is CN(C)c1ccc(CC(=O)N2CCC3(CC2)[C@H](O)C[C@@H]3O)cc1. The molecule has 0 aromatic heterocycles. The van der Waals surface area contributed by atoms with E-state index in [1.54, 1.807) is 0 Å². The summed E-state index contributed by atoms with van der Waals surface area (Å²) in [6.45, 7) is 1.26. The Labute approximate surface area is 137 Å². The van der Waals surface area contributed by atoms with Gasteiger partial charge in [-0.25, -0.2) is 0 Å². The van der Waals surface area contributed by atoms with Crippen molar-refractivity contribution < 1.29 is 15.0 Å². The Morgan fingerprint density at radius 1 is 1.17 bits per heavy atom. The third-order valence-electron chi connectivity index (χ3n) is 5.63. The van der Waals surface area contributed by atoms with E-state index in [-0.39, 0.29) is 11.3 Å². The van der Waals surface area contributed by atoms with Crippen molar-refractivity contribution in [1.29, 1.82) is 0 Å². The predicted octanol–water partition coefficient (Wildman–Crippen LogP) is 1.03. The van der Waals surface area contributed by atoms with Crippen LogP contribution in [0.15, 0.2) is 24.3 Å². The largest absolute Gasteiger partial charge is 0.392 e. The number of likely N-dealkylation sites (tertiary alicyclic amines) is 1. The Hall–Kier alpha value is -1.59. The number of carbonyl (C=O) groups excluding carboxylic acids is 1. The molecule has 0 radical (unpaired) electrons. The number of aliphatic hydroxyl groups is 2. The van der Waals surface area contributed by atoms with Gasteiger partial charge in [0.05, 0.1) is 18.6 Å². The summed E-state index contributed by atoms with van der Waals surface area (Å²) in [7, 11) is 3.99. The number of hydrogen-bond acceptors (Lipinski definition) is 4. The first-order chi connectivity index (χ1) is 10.9. The number of benzene rings is 1. The fourth-order valence-corrected chi connectivity index (χ4v) is 3.78. The van der Waals surface area contributed by atoms with E-state index in [1.165, 1.54) is 0 Å². The zero-order chi connectivity index (χ0) is 16.6. The van der Waals surface area contributed by atoms with E-state index in [0.717, 1.165) is 11.3 Å². The van der Waals surface area contributed by atoms with E-state index in [0.29, 0.717) is 38.8 Å². The van der Waals surface area contributed by atoms with Gasteiger partial charge in [-0.3, -0.25) is 4.79 Å². The molecule has 1 saturated heterocycles. The Bertz CT molecular complexity index is 552. The minimum atomic E-state index is -0.409. The second kappa shape index (κ2) is 6.13. The van der Waals surface area contributed by atoms with Crippen LogP contribution in [-0.4, -0.2) is 60.4 Å². The molecule has 1 aliphatic heterocycles. The number of hydrogen-bond donors (Lipinski definition) is 2. The van der Waals surface area contributed by atoms with Gasteiger partial charge in [0.2, 0.25) is 5.91 Å². The predicted molar refractivity (Wildman–Crippen MR) is 89.4 cm³/mol. The summed E-state index contributed by atoms with van der Waals surface area (Å²) in [5.74, 6) is 0.126. The lowest BCUT2D eigenvalue weighted by Crippen LogP contribution is -2.61. The van der Waals surface area contributed by atoms with Crippen molar-refractivity contribution in [2.75, 3.05) is 32.1 Å². The minimum Gasteiger partial charge on any atom is -0.392 e. The molecule has 3 rings (SSSR count). The summed E-state index contributed by atoms with van der Waals surface area (Å²) in [4.78, 5) is 16.4. The number of rotatable bonds is 3. The average Bonchev–Trinajstić information content (AvgIpc) is 2.55. The third kappa shape index (κ3) is 2.95. The van der Waals surface area contributed by atoms with Gasteiger partial charge in [-0.1, -0.05) is 12.1 Å². The zero-order valence-corrected chi connectivity index (χ0v) is 13.9. The maximum Gasteiger partial charge on any atom is 0.226 e. The second-order valence-electron chi connectivity index (χ2n) is 7.12. The molecule has 2 N–H and O–H groups in total. The normalized spacial score (nSPS) is 26.0. The molecule has 1 heterocycles. The highest BCUT2D eigenvalue weighted by atomic mass is 16.3. The summed E-state index contributed by atoms with van der Waals surface area (Å²) in [5, 5.41) is 19.9. The highest BCUT2D eigenvalue weighted by Crippen LogP contribution is 2.49. The first kappa shape index (κ1) is 16.3. The fourth-order valence-electron chi connectivity index (χ4n) is 3.78. The molecule has 1 amide bonds. The van der Waals surface area contributed by atoms with Crippen molar-refractivity contribution in [2.24, 2.45) is 5.41 Å². The van der Waals surface area contributed by atoms with Crippen LogP contribution in [0.4, 0.5) is 5.69 Å². The fraction of sp³-hybridized carbons (Fsp3) is 0.611. The molecule has 2 aliphatic rings. The lowest BCUT2D eigenvalue weighted by molar-refractivity contribution is -0.191. The standard InChI is InChI=1S/C18H26N2O3/c1-19(2)14-5-3-13(4-6-14)11-17(23)20-9-7-18(8-10-20)15(21)12-16(18)22/h3-6,15-16,21-22H,7-12H2,1-2H3/t15-,16+. The second-order valence-corrected chi connectivity index (χ2v) is 7.12. The molecule has 1 aromatic carbocycles. The van der Waals surface area contributed by atoms with Gasteiger partial charge in [0.1, 0.15) is 0 Å². The Kier molecular flexibility index (Phi) is 4.34. The minimum absolute atomic E-state index is 0.126. The van der Waals surface area contributed by atoms with Crippen molar-refractivity contribution in [1.82, 2.24) is 4.90 Å². The lowest BCUT2D eigenvalue weighted by atomic mass is 9.58. The van der Waals surface area contributed by atoms with Crippen LogP contribution in [0.2, 0.25) is 0 Å². The van der Waals surface area contributed by atoms with Crippen LogP contribution in [0.5, 0.6) is 0 Å². The first-order valence-electron chi connectivity index (χ1n) is 8.32. The van der Waals surface area contributed by atoms with Crippen LogP contribution in [0, 0.1) is 5.41 Å². The molecule has 1 saturated carbocycles. The molecule has 23 heavy (non-hydrogen) atoms. The summed E-state index contributed by atoms with van der Waals surface area (Å²) in [6, 6.07) is 8.04. The number of aliphatic hydroxyl groups excluding tert-OH is 2. The van der Waals surface area contributed by atoms with Gasteiger partial charge < -0.3 is 20.0 Å². The van der Waals surface area contributed by atoms with Gasteiger partial charge in [0.25, 0.3) is 0 Å². The van der Waals surface area contributed by atoms with Gasteiger partial charge in [-0.05, 0) is 30.5 Å². The van der Waals surface area contributed by atoms with Crippen LogP contribution in [0.25, 0.3) is 0 Å². The molecule has 0 unspecified atom stereocenters. The summed E-state index contributed by atoms with van der Waals surface area (Å²) in [6.07, 6.45) is 1.46. The van der Waals surface area contributed by atoms with E-state index in [1.807, 2.05) is 48.2 Å². The number of carbonyl (C=O) groups is 1. The molecule has 1 spiro atoms. The molecular weight excluding hydrogens is 292 g/mol. The monoisotopic (exact) mass is 318 g/mol. The molecule has 0 bridgehead atoms. The maximum absolute atomic E-state index is 12.5. The maximum atomic E-state index is 12.5. The molecular formula is C18H26N2O3. The lowest BCUT2D eigenvalue weighted by Gasteiger charge is -2.55. The van der Waals surface area contributed by atoms with E-state index in [2.05, 4.69) is 0 Å². The molecule has 1 aliphatic carbocycles. The van der Waals surface area contributed by atoms with Crippen molar-refractivity contribution >= 4 is 11.6 Å². The summed E-state index contributed by atoms with van der Waals surface area (Å²) < 4.78 is 0. The van der Waals surface area contributed by atoms with Crippen molar-refractivity contribution in [2.45, 2.75) is 37.9 Å². The zero-order valence-electron chi connectivity index (χ0n) is 13.9. The highest BCUT2D eigenvalue weighted by molar-refractivity contribution is 5.79. The van der Waals surface area contributed by atoms with Gasteiger partial charge >= 0.3 is 0 Å². The molecule has 5 nitrogen and oxygen atoms in total. The molecule has 126 valence electrons. The summed E-state index contributed by atoms with van der Waals surface area (Å²) in [5.41, 5.74) is 1.78. The third-order valence-corrected chi connectivity index (χ3v) is 5.63. The summed E-state index contributed by atoms with van der Waals surface area (Å²) >= 11 is 0. The number of nitrogens with zero attached hydrogens (tertiary/aromatic N) is 2. The number of piperidine rings is 1. The molecule has 5 heteroatoms. The smallest absolute Gasteiger partial charge is 0.226 e. The van der Waals surface area contributed by atoms with Crippen LogP contribution in [0.1, 0.15) is 24.8 Å². The van der Waals surface area contributed by atoms with E-state index in [4.69, 9.17) is 0 Å². The van der Waals surface area contributed by atoms with Crippen molar-refractivity contribution in [3.05, 3.63) is 29.8 Å². The first-order valence-corrected chi connectivity index (χ1v) is 8.32. The number of anilines is 1. The molecule has 2 fully saturated rings. The number of amides is 1. The van der Waals surface area contributed by atoms with Crippen molar-refractivity contribution in [3.8, 4) is 0 Å². The molecule has 2 atom stereocenters. The van der Waals surface area contributed by atoms with Gasteiger partial charge in [0, 0.05) is 44.7 Å². The van der Waals surface area contributed by atoms with Crippen LogP contribution >= 0.6 is 0 Å².